The number of carbonyl (C=O) groups excluding carboxylic acids is 2. The number of urea groups is 1. The molecule has 45 heavy (non-hydrogen) atoms. The van der Waals surface area contributed by atoms with E-state index in [4.69, 9.17) is 14.5 Å². The number of amides is 2. The van der Waals surface area contributed by atoms with Crippen LogP contribution in [0.5, 0.6) is 0 Å². The summed E-state index contributed by atoms with van der Waals surface area (Å²) < 4.78 is 62.1. The Labute approximate surface area is 256 Å². The number of fused-ring (bicyclic) bond motifs is 1. The number of esters is 1. The van der Waals surface area contributed by atoms with Crippen LogP contribution >= 0.6 is 19.2 Å². The van der Waals surface area contributed by atoms with Crippen molar-refractivity contribution in [3.05, 3.63) is 63.5 Å². The van der Waals surface area contributed by atoms with Crippen LogP contribution in [0.15, 0.2) is 46.8 Å². The van der Waals surface area contributed by atoms with Crippen LogP contribution in [-0.2, 0) is 20.0 Å². The largest absolute Gasteiger partial charge is 0.469 e. The summed E-state index contributed by atoms with van der Waals surface area (Å²) in [7, 11) is -4.78. The summed E-state index contributed by atoms with van der Waals surface area (Å²) in [4.78, 5) is 64.1. The van der Waals surface area contributed by atoms with Gasteiger partial charge in [0, 0.05) is 46.9 Å². The van der Waals surface area contributed by atoms with Crippen molar-refractivity contribution in [1.82, 2.24) is 19.9 Å². The molecule has 5 rings (SSSR count). The Morgan fingerprint density at radius 3 is 2.58 bits per heavy atom. The molecule has 13 nitrogen and oxygen atoms in total. The molecule has 0 radical (unpaired) electrons. The Balaban J connectivity index is 1.58. The first-order valence-electron chi connectivity index (χ1n) is 13.4. The Kier molecular flexibility index (Phi) is 9.09. The van der Waals surface area contributed by atoms with Crippen LogP contribution in [0.4, 0.5) is 23.8 Å². The molecule has 1 fully saturated rings. The number of anilines is 1. The van der Waals surface area contributed by atoms with E-state index in [2.05, 4.69) is 25.1 Å². The van der Waals surface area contributed by atoms with Crippen LogP contribution < -0.4 is 16.1 Å². The molecule has 0 bridgehead atoms. The average Bonchev–Trinajstić information content (AvgIpc) is 3.68. The van der Waals surface area contributed by atoms with Gasteiger partial charge in [0.05, 0.1) is 12.1 Å². The van der Waals surface area contributed by atoms with E-state index in [1.807, 2.05) is 0 Å². The maximum Gasteiger partial charge on any atom is 0.469 e. The molecule has 1 aliphatic carbocycles. The third kappa shape index (κ3) is 7.57. The number of ether oxygens (including phenoxy) is 1. The van der Waals surface area contributed by atoms with Gasteiger partial charge in [-0.15, -0.1) is 11.3 Å². The van der Waals surface area contributed by atoms with Gasteiger partial charge in [-0.05, 0) is 43.5 Å². The number of nitrogens with zero attached hydrogens (tertiary/aromatic N) is 3. The molecule has 1 saturated carbocycles. The molecular formula is C27H25F3N5O8PS. The lowest BCUT2D eigenvalue weighted by molar-refractivity contribution is -0.140. The Morgan fingerprint density at radius 1 is 1.18 bits per heavy atom. The predicted octanol–water partition coefficient (Wildman–Crippen LogP) is 4.95. The molecule has 0 aliphatic heterocycles. The zero-order valence-corrected chi connectivity index (χ0v) is 25.0. The van der Waals surface area contributed by atoms with E-state index in [0.29, 0.717) is 23.2 Å². The standard InChI is InChI=1S/C27H25F3N5O8PS/c1-2-31-26(38)34-22-10-16(24-33-21(13-45-24)27(28,29)30)18(11-32-22)14-3-6-20-17(9-14)23(36)19(12-35(20)15-4-5-15)25(37)42-7-8-43-44(39,40)41/h3,6,9-13,15H,2,4-5,7-8H2,1H3,(H2,39,40,41)(H2,31,32,34,38). The predicted molar refractivity (Wildman–Crippen MR) is 157 cm³/mol. The molecule has 0 atom stereocenters. The summed E-state index contributed by atoms with van der Waals surface area (Å²) in [5.74, 6) is -0.977. The van der Waals surface area contributed by atoms with Crippen molar-refractivity contribution in [3.8, 4) is 21.7 Å². The summed E-state index contributed by atoms with van der Waals surface area (Å²) in [6, 6.07) is 5.62. The lowest BCUT2D eigenvalue weighted by Gasteiger charge is -2.15. The van der Waals surface area contributed by atoms with Gasteiger partial charge < -0.3 is 24.4 Å². The number of thiazole rings is 1. The second-order valence-corrected chi connectivity index (χ2v) is 11.9. The SMILES string of the molecule is CCNC(=O)Nc1cc(-c2nc(C(F)(F)F)cs2)c(-c2ccc3c(c2)c(=O)c(C(=O)OCCOP(=O)(O)O)cn3C2CC2)cn1. The van der Waals surface area contributed by atoms with Gasteiger partial charge >= 0.3 is 26.0 Å². The number of halogens is 3. The fraction of sp³-hybridized carbons (Fsp3) is 0.296. The second-order valence-electron chi connectivity index (χ2n) is 9.84. The number of nitrogens with one attached hydrogen (secondary N) is 2. The van der Waals surface area contributed by atoms with Crippen molar-refractivity contribution in [2.75, 3.05) is 25.1 Å². The van der Waals surface area contributed by atoms with Gasteiger partial charge in [-0.1, -0.05) is 6.07 Å². The molecule has 3 aromatic heterocycles. The van der Waals surface area contributed by atoms with E-state index in [0.717, 1.165) is 29.6 Å². The van der Waals surface area contributed by atoms with Crippen LogP contribution in [0.25, 0.3) is 32.6 Å². The number of phosphoric ester groups is 1. The molecule has 1 aliphatic rings. The fourth-order valence-electron chi connectivity index (χ4n) is 4.47. The number of pyridine rings is 2. The molecule has 238 valence electrons. The topological polar surface area (TPSA) is 182 Å². The van der Waals surface area contributed by atoms with E-state index in [-0.39, 0.29) is 33.4 Å². The number of rotatable bonds is 10. The molecule has 3 heterocycles. The molecule has 4 N–H and O–H groups in total. The van der Waals surface area contributed by atoms with Crippen LogP contribution in [0, 0.1) is 0 Å². The first-order valence-corrected chi connectivity index (χ1v) is 15.8. The molecule has 4 aromatic rings. The van der Waals surface area contributed by atoms with Crippen LogP contribution in [-0.4, -0.2) is 56.1 Å². The molecule has 1 aromatic carbocycles. The average molecular weight is 668 g/mol. The molecular weight excluding hydrogens is 642 g/mol. The minimum Gasteiger partial charge on any atom is -0.459 e. The lowest BCUT2D eigenvalue weighted by atomic mass is 9.99. The summed E-state index contributed by atoms with van der Waals surface area (Å²) >= 11 is 0.741. The Bertz CT molecular complexity index is 1890. The number of phosphoric acid groups is 1. The van der Waals surface area contributed by atoms with Gasteiger partial charge in [0.2, 0.25) is 5.43 Å². The third-order valence-electron chi connectivity index (χ3n) is 6.59. The smallest absolute Gasteiger partial charge is 0.459 e. The van der Waals surface area contributed by atoms with E-state index in [9.17, 15) is 32.1 Å². The van der Waals surface area contributed by atoms with Gasteiger partial charge in [-0.25, -0.2) is 24.1 Å². The van der Waals surface area contributed by atoms with E-state index in [1.54, 1.807) is 23.6 Å². The number of aromatic nitrogens is 3. The fourth-order valence-corrected chi connectivity index (χ4v) is 5.64. The molecule has 0 saturated heterocycles. The highest BCUT2D eigenvalue weighted by Gasteiger charge is 2.34. The minimum absolute atomic E-state index is 0.0102. The van der Waals surface area contributed by atoms with Crippen molar-refractivity contribution in [2.24, 2.45) is 0 Å². The summed E-state index contributed by atoms with van der Waals surface area (Å²) in [5.41, 5.74) is -0.715. The van der Waals surface area contributed by atoms with E-state index < -0.39 is 50.3 Å². The Morgan fingerprint density at radius 2 is 1.93 bits per heavy atom. The Hall–Kier alpha value is -4.15. The van der Waals surface area contributed by atoms with E-state index >= 15 is 0 Å². The number of alkyl halides is 3. The van der Waals surface area contributed by atoms with Crippen LogP contribution in [0.3, 0.4) is 0 Å². The van der Waals surface area contributed by atoms with E-state index in [1.165, 1.54) is 24.5 Å². The monoisotopic (exact) mass is 667 g/mol. The molecule has 2 amide bonds. The normalized spacial score (nSPS) is 13.6. The van der Waals surface area contributed by atoms with Crippen LogP contribution in [0.2, 0.25) is 0 Å². The minimum atomic E-state index is -4.78. The quantitative estimate of drug-likeness (QED) is 0.103. The zero-order valence-electron chi connectivity index (χ0n) is 23.3. The van der Waals surface area contributed by atoms with Gasteiger partial charge in [-0.2, -0.15) is 13.2 Å². The van der Waals surface area contributed by atoms with Crippen molar-refractivity contribution in [3.63, 3.8) is 0 Å². The van der Waals surface area contributed by atoms with Gasteiger partial charge in [0.1, 0.15) is 23.0 Å². The number of hydrogen-bond donors (Lipinski definition) is 4. The lowest BCUT2D eigenvalue weighted by Crippen LogP contribution is -2.28. The summed E-state index contributed by atoms with van der Waals surface area (Å²) in [6.45, 7) is 0.908. The second kappa shape index (κ2) is 12.7. The number of benzene rings is 1. The summed E-state index contributed by atoms with van der Waals surface area (Å²) in [5, 5.41) is 6.03. The summed E-state index contributed by atoms with van der Waals surface area (Å²) in [6.07, 6.45) is -0.384. The highest BCUT2D eigenvalue weighted by molar-refractivity contribution is 7.46. The van der Waals surface area contributed by atoms with Crippen molar-refractivity contribution < 1.29 is 46.4 Å². The maximum atomic E-state index is 13.6. The van der Waals surface area contributed by atoms with Gasteiger partial charge in [0.15, 0.2) is 5.69 Å². The van der Waals surface area contributed by atoms with Gasteiger partial charge in [-0.3, -0.25) is 14.6 Å². The first kappa shape index (κ1) is 32.2. The third-order valence-corrected chi connectivity index (χ3v) is 7.98. The maximum absolute atomic E-state index is 13.6. The number of carbonyl (C=O) groups is 2. The van der Waals surface area contributed by atoms with Crippen molar-refractivity contribution in [2.45, 2.75) is 32.0 Å². The van der Waals surface area contributed by atoms with Crippen LogP contribution in [0.1, 0.15) is 41.9 Å². The van der Waals surface area contributed by atoms with Crippen molar-refractivity contribution in [1.29, 1.82) is 0 Å². The van der Waals surface area contributed by atoms with Gasteiger partial charge in [0.25, 0.3) is 0 Å². The number of hydrogen-bond acceptors (Lipinski definition) is 9. The zero-order chi connectivity index (χ0) is 32.5. The van der Waals surface area contributed by atoms with Crippen molar-refractivity contribution >= 4 is 47.9 Å². The molecule has 18 heteroatoms. The highest BCUT2D eigenvalue weighted by Crippen LogP contribution is 2.41. The molecule has 0 spiro atoms. The highest BCUT2D eigenvalue weighted by atomic mass is 32.1. The molecule has 0 unspecified atom stereocenters. The first-order chi connectivity index (χ1) is 21.2.